The fourth-order valence-corrected chi connectivity index (χ4v) is 3.47. The molecule has 1 atom stereocenters. The van der Waals surface area contributed by atoms with Crippen molar-refractivity contribution in [2.75, 3.05) is 6.61 Å². The van der Waals surface area contributed by atoms with Crippen molar-refractivity contribution < 1.29 is 9.84 Å². The standard InChI is InChI=1S/C13H12BrNO2S/c14-13-4-2-9(18-13)6-15-11-7-17-12-5-8(16)1-3-10(11)12/h1-5,11,15-16H,6-7H2. The average molecular weight is 326 g/mol. The zero-order chi connectivity index (χ0) is 12.5. The van der Waals surface area contributed by atoms with Gasteiger partial charge in [-0.3, -0.25) is 0 Å². The van der Waals surface area contributed by atoms with E-state index in [1.165, 1.54) is 4.88 Å². The molecule has 18 heavy (non-hydrogen) atoms. The quantitative estimate of drug-likeness (QED) is 0.908. The van der Waals surface area contributed by atoms with Gasteiger partial charge in [0.15, 0.2) is 0 Å². The van der Waals surface area contributed by atoms with Gasteiger partial charge >= 0.3 is 0 Å². The van der Waals surface area contributed by atoms with E-state index in [4.69, 9.17) is 4.74 Å². The van der Waals surface area contributed by atoms with Crippen LogP contribution in [-0.4, -0.2) is 11.7 Å². The van der Waals surface area contributed by atoms with Crippen LogP contribution >= 0.6 is 27.3 Å². The molecule has 0 aliphatic carbocycles. The van der Waals surface area contributed by atoms with Gasteiger partial charge in [0, 0.05) is 23.1 Å². The number of aromatic hydroxyl groups is 1. The van der Waals surface area contributed by atoms with Crippen molar-refractivity contribution in [3.63, 3.8) is 0 Å². The van der Waals surface area contributed by atoms with Gasteiger partial charge in [0.1, 0.15) is 18.1 Å². The Balaban J connectivity index is 1.69. The SMILES string of the molecule is Oc1ccc2c(c1)OCC2NCc1ccc(Br)s1. The van der Waals surface area contributed by atoms with Crippen LogP contribution in [0.25, 0.3) is 0 Å². The van der Waals surface area contributed by atoms with E-state index in [-0.39, 0.29) is 11.8 Å². The van der Waals surface area contributed by atoms with Gasteiger partial charge in [-0.05, 0) is 40.2 Å². The number of phenols is 1. The number of hydrogen-bond donors (Lipinski definition) is 2. The molecule has 0 saturated carbocycles. The van der Waals surface area contributed by atoms with E-state index in [0.717, 1.165) is 21.6 Å². The summed E-state index contributed by atoms with van der Waals surface area (Å²) in [4.78, 5) is 1.29. The third-order valence-electron chi connectivity index (χ3n) is 2.93. The van der Waals surface area contributed by atoms with Crippen LogP contribution in [-0.2, 0) is 6.54 Å². The summed E-state index contributed by atoms with van der Waals surface area (Å²) in [6.07, 6.45) is 0. The van der Waals surface area contributed by atoms with Crippen LogP contribution in [0.3, 0.4) is 0 Å². The van der Waals surface area contributed by atoms with E-state index < -0.39 is 0 Å². The van der Waals surface area contributed by atoms with E-state index in [2.05, 4.69) is 33.4 Å². The molecule has 0 saturated heterocycles. The van der Waals surface area contributed by atoms with Crippen molar-refractivity contribution in [2.24, 2.45) is 0 Å². The molecule has 0 radical (unpaired) electrons. The Labute approximate surface area is 118 Å². The van der Waals surface area contributed by atoms with Crippen molar-refractivity contribution in [1.29, 1.82) is 0 Å². The maximum Gasteiger partial charge on any atom is 0.127 e. The number of hydrogen-bond acceptors (Lipinski definition) is 4. The van der Waals surface area contributed by atoms with Gasteiger partial charge in [-0.2, -0.15) is 0 Å². The van der Waals surface area contributed by atoms with E-state index in [0.29, 0.717) is 6.61 Å². The second kappa shape index (κ2) is 4.91. The lowest BCUT2D eigenvalue weighted by molar-refractivity contribution is 0.310. The van der Waals surface area contributed by atoms with Crippen molar-refractivity contribution in [1.82, 2.24) is 5.32 Å². The summed E-state index contributed by atoms with van der Waals surface area (Å²) >= 11 is 5.19. The Morgan fingerprint density at radius 1 is 1.39 bits per heavy atom. The molecule has 0 bridgehead atoms. The number of benzene rings is 1. The molecule has 0 amide bonds. The molecule has 0 fully saturated rings. The zero-order valence-corrected chi connectivity index (χ0v) is 11.9. The Hall–Kier alpha value is -1.04. The minimum absolute atomic E-state index is 0.196. The minimum atomic E-state index is 0.196. The highest BCUT2D eigenvalue weighted by molar-refractivity contribution is 9.11. The summed E-state index contributed by atoms with van der Waals surface area (Å²) in [5, 5.41) is 12.9. The van der Waals surface area contributed by atoms with Crippen molar-refractivity contribution in [3.05, 3.63) is 44.6 Å². The van der Waals surface area contributed by atoms with Gasteiger partial charge in [0.25, 0.3) is 0 Å². The molecule has 3 rings (SSSR count). The highest BCUT2D eigenvalue weighted by Crippen LogP contribution is 2.35. The van der Waals surface area contributed by atoms with Crippen molar-refractivity contribution >= 4 is 27.3 Å². The van der Waals surface area contributed by atoms with Crippen molar-refractivity contribution in [3.8, 4) is 11.5 Å². The molecule has 1 unspecified atom stereocenters. The van der Waals surface area contributed by atoms with E-state index in [1.807, 2.05) is 6.07 Å². The minimum Gasteiger partial charge on any atom is -0.508 e. The van der Waals surface area contributed by atoms with Crippen LogP contribution in [0, 0.1) is 0 Å². The summed E-state index contributed by atoms with van der Waals surface area (Å²) in [6.45, 7) is 1.44. The molecule has 94 valence electrons. The first-order valence-corrected chi connectivity index (χ1v) is 7.26. The zero-order valence-electron chi connectivity index (χ0n) is 9.52. The number of thiophene rings is 1. The molecule has 2 heterocycles. The lowest BCUT2D eigenvalue weighted by Gasteiger charge is -2.10. The Morgan fingerprint density at radius 3 is 3.06 bits per heavy atom. The fraction of sp³-hybridized carbons (Fsp3) is 0.231. The van der Waals surface area contributed by atoms with Gasteiger partial charge in [0.05, 0.1) is 9.83 Å². The van der Waals surface area contributed by atoms with Crippen LogP contribution in [0.5, 0.6) is 11.5 Å². The van der Waals surface area contributed by atoms with Crippen LogP contribution in [0.2, 0.25) is 0 Å². The van der Waals surface area contributed by atoms with Crippen LogP contribution in [0.4, 0.5) is 0 Å². The molecule has 0 spiro atoms. The smallest absolute Gasteiger partial charge is 0.127 e. The highest BCUT2D eigenvalue weighted by atomic mass is 79.9. The Bertz CT molecular complexity index is 570. The molecular formula is C13H12BrNO2S. The number of fused-ring (bicyclic) bond motifs is 1. The van der Waals surface area contributed by atoms with Crippen LogP contribution in [0.1, 0.15) is 16.5 Å². The summed E-state index contributed by atoms with van der Waals surface area (Å²) in [5.41, 5.74) is 1.11. The first-order chi connectivity index (χ1) is 8.72. The molecule has 2 N–H and O–H groups in total. The number of rotatable bonds is 3. The predicted octanol–water partition coefficient (Wildman–Crippen LogP) is 3.44. The first kappa shape index (κ1) is 12.0. The number of nitrogens with one attached hydrogen (secondary N) is 1. The fourth-order valence-electron chi connectivity index (χ4n) is 2.04. The highest BCUT2D eigenvalue weighted by Gasteiger charge is 2.23. The molecule has 2 aromatic rings. The van der Waals surface area contributed by atoms with Crippen LogP contribution in [0.15, 0.2) is 34.1 Å². The first-order valence-electron chi connectivity index (χ1n) is 5.66. The third kappa shape index (κ3) is 2.39. The van der Waals surface area contributed by atoms with Crippen molar-refractivity contribution in [2.45, 2.75) is 12.6 Å². The monoisotopic (exact) mass is 325 g/mol. The van der Waals surface area contributed by atoms with E-state index >= 15 is 0 Å². The van der Waals surface area contributed by atoms with Gasteiger partial charge in [-0.1, -0.05) is 0 Å². The summed E-state index contributed by atoms with van der Waals surface area (Å²) in [5.74, 6) is 1.02. The normalized spacial score (nSPS) is 17.5. The summed E-state index contributed by atoms with van der Waals surface area (Å²) < 4.78 is 6.70. The maximum absolute atomic E-state index is 9.39. The van der Waals surface area contributed by atoms with E-state index in [9.17, 15) is 5.11 Å². The second-order valence-electron chi connectivity index (χ2n) is 4.17. The van der Waals surface area contributed by atoms with Gasteiger partial charge in [-0.25, -0.2) is 0 Å². The third-order valence-corrected chi connectivity index (χ3v) is 4.55. The summed E-state index contributed by atoms with van der Waals surface area (Å²) in [6, 6.07) is 9.64. The number of ether oxygens (including phenoxy) is 1. The molecule has 1 aromatic heterocycles. The van der Waals surface area contributed by atoms with Gasteiger partial charge in [-0.15, -0.1) is 11.3 Å². The number of halogens is 1. The van der Waals surface area contributed by atoms with Crippen LogP contribution < -0.4 is 10.1 Å². The van der Waals surface area contributed by atoms with Gasteiger partial charge < -0.3 is 15.2 Å². The maximum atomic E-state index is 9.39. The molecular weight excluding hydrogens is 314 g/mol. The molecule has 5 heteroatoms. The lowest BCUT2D eigenvalue weighted by atomic mass is 10.1. The lowest BCUT2D eigenvalue weighted by Crippen LogP contribution is -2.21. The average Bonchev–Trinajstić information content (AvgIpc) is 2.92. The second-order valence-corrected chi connectivity index (χ2v) is 6.72. The molecule has 1 aliphatic rings. The van der Waals surface area contributed by atoms with Gasteiger partial charge in [0.2, 0.25) is 0 Å². The topological polar surface area (TPSA) is 41.5 Å². The molecule has 1 aromatic carbocycles. The van der Waals surface area contributed by atoms with E-state index in [1.54, 1.807) is 23.5 Å². The predicted molar refractivity (Wildman–Crippen MR) is 75.2 cm³/mol. The largest absolute Gasteiger partial charge is 0.508 e. The molecule has 3 nitrogen and oxygen atoms in total. The Kier molecular flexibility index (Phi) is 3.28. The number of phenolic OH excluding ortho intramolecular Hbond substituents is 1. The summed E-state index contributed by atoms with van der Waals surface area (Å²) in [7, 11) is 0. The Morgan fingerprint density at radius 2 is 2.28 bits per heavy atom. The molecule has 1 aliphatic heterocycles.